The molecule has 0 radical (unpaired) electrons. The van der Waals surface area contributed by atoms with Gasteiger partial charge in [0, 0.05) is 13.2 Å². The molecule has 1 aromatic rings. The number of hydrogen-bond donors (Lipinski definition) is 1. The van der Waals surface area contributed by atoms with Crippen molar-refractivity contribution in [3.63, 3.8) is 0 Å². The number of amides is 1. The van der Waals surface area contributed by atoms with Crippen LogP contribution in [0.3, 0.4) is 0 Å². The van der Waals surface area contributed by atoms with E-state index in [9.17, 15) is 4.79 Å². The van der Waals surface area contributed by atoms with Crippen molar-refractivity contribution in [3.05, 3.63) is 29.8 Å². The van der Waals surface area contributed by atoms with Gasteiger partial charge in [0.2, 0.25) is 0 Å². The number of hydrogen-bond acceptors (Lipinski definition) is 3. The molecule has 1 N–H and O–H groups in total. The van der Waals surface area contributed by atoms with Crippen LogP contribution < -0.4 is 10.1 Å². The van der Waals surface area contributed by atoms with Crippen molar-refractivity contribution in [2.45, 2.75) is 25.4 Å². The van der Waals surface area contributed by atoms with E-state index in [4.69, 9.17) is 9.47 Å². The highest BCUT2D eigenvalue weighted by molar-refractivity contribution is 5.96. The van der Waals surface area contributed by atoms with Gasteiger partial charge in [-0.15, -0.1) is 0 Å². The molecule has 2 rings (SSSR count). The monoisotopic (exact) mass is 249 g/mol. The summed E-state index contributed by atoms with van der Waals surface area (Å²) in [7, 11) is 1.57. The number of nitrogens with one attached hydrogen (secondary N) is 1. The van der Waals surface area contributed by atoms with Crippen LogP contribution in [0.1, 0.15) is 29.6 Å². The second-order valence-electron chi connectivity index (χ2n) is 4.38. The molecule has 1 unspecified atom stereocenters. The summed E-state index contributed by atoms with van der Waals surface area (Å²) >= 11 is 0. The maximum Gasteiger partial charge on any atom is 0.255 e. The van der Waals surface area contributed by atoms with Crippen LogP contribution in [0.5, 0.6) is 5.75 Å². The van der Waals surface area contributed by atoms with E-state index < -0.39 is 0 Å². The van der Waals surface area contributed by atoms with E-state index in [1.54, 1.807) is 19.2 Å². The van der Waals surface area contributed by atoms with Gasteiger partial charge < -0.3 is 14.8 Å². The van der Waals surface area contributed by atoms with Gasteiger partial charge in [0.1, 0.15) is 5.75 Å². The molecule has 0 saturated carbocycles. The van der Waals surface area contributed by atoms with E-state index >= 15 is 0 Å². The molecule has 0 bridgehead atoms. The largest absolute Gasteiger partial charge is 0.496 e. The van der Waals surface area contributed by atoms with E-state index in [1.807, 2.05) is 12.1 Å². The van der Waals surface area contributed by atoms with Crippen LogP contribution in [0.25, 0.3) is 0 Å². The maximum atomic E-state index is 12.0. The lowest BCUT2D eigenvalue weighted by molar-refractivity contribution is 0.0905. The summed E-state index contributed by atoms with van der Waals surface area (Å²) in [5.74, 6) is 0.512. The number of para-hydroxylation sites is 1. The topological polar surface area (TPSA) is 47.6 Å². The minimum absolute atomic E-state index is 0.0922. The summed E-state index contributed by atoms with van der Waals surface area (Å²) in [6, 6.07) is 7.23. The molecule has 1 heterocycles. The van der Waals surface area contributed by atoms with Gasteiger partial charge in [0.15, 0.2) is 0 Å². The number of methoxy groups -OCH3 is 1. The van der Waals surface area contributed by atoms with E-state index in [2.05, 4.69) is 5.32 Å². The molecule has 1 saturated heterocycles. The van der Waals surface area contributed by atoms with E-state index in [0.29, 0.717) is 24.0 Å². The fourth-order valence-electron chi connectivity index (χ4n) is 2.15. The van der Waals surface area contributed by atoms with Crippen LogP contribution in [0.4, 0.5) is 0 Å². The average Bonchev–Trinajstić information content (AvgIpc) is 2.91. The van der Waals surface area contributed by atoms with E-state index in [1.165, 1.54) is 0 Å². The highest BCUT2D eigenvalue weighted by atomic mass is 16.5. The molecule has 0 aromatic heterocycles. The number of benzene rings is 1. The number of carbonyl (C=O) groups is 1. The molecular weight excluding hydrogens is 230 g/mol. The van der Waals surface area contributed by atoms with Crippen molar-refractivity contribution >= 4 is 5.91 Å². The van der Waals surface area contributed by atoms with Gasteiger partial charge in [-0.3, -0.25) is 4.79 Å². The third-order valence-electron chi connectivity index (χ3n) is 3.13. The Hall–Kier alpha value is -1.55. The molecule has 4 heteroatoms. The maximum absolute atomic E-state index is 12.0. The quantitative estimate of drug-likeness (QED) is 0.868. The van der Waals surface area contributed by atoms with Crippen LogP contribution in [-0.2, 0) is 4.74 Å². The number of rotatable bonds is 5. The van der Waals surface area contributed by atoms with Crippen LogP contribution in [0, 0.1) is 0 Å². The van der Waals surface area contributed by atoms with Crippen molar-refractivity contribution in [1.82, 2.24) is 5.32 Å². The summed E-state index contributed by atoms with van der Waals surface area (Å²) in [4.78, 5) is 12.0. The van der Waals surface area contributed by atoms with E-state index in [-0.39, 0.29) is 5.91 Å². The fraction of sp³-hybridized carbons (Fsp3) is 0.500. The first-order valence-electron chi connectivity index (χ1n) is 6.34. The van der Waals surface area contributed by atoms with Gasteiger partial charge >= 0.3 is 0 Å². The fourth-order valence-corrected chi connectivity index (χ4v) is 2.15. The molecule has 0 spiro atoms. The summed E-state index contributed by atoms with van der Waals surface area (Å²) < 4.78 is 10.7. The van der Waals surface area contributed by atoms with Gasteiger partial charge in [-0.25, -0.2) is 0 Å². The third kappa shape index (κ3) is 3.23. The number of ether oxygens (including phenoxy) is 2. The van der Waals surface area contributed by atoms with Crippen LogP contribution in [0.15, 0.2) is 24.3 Å². The van der Waals surface area contributed by atoms with Gasteiger partial charge in [0.25, 0.3) is 5.91 Å². The lowest BCUT2D eigenvalue weighted by Crippen LogP contribution is -2.27. The minimum Gasteiger partial charge on any atom is -0.496 e. The number of carbonyl (C=O) groups excluding carboxylic acids is 1. The second kappa shape index (κ2) is 6.40. The van der Waals surface area contributed by atoms with Gasteiger partial charge in [-0.2, -0.15) is 0 Å². The first kappa shape index (κ1) is 12.9. The normalized spacial score (nSPS) is 18.6. The first-order valence-corrected chi connectivity index (χ1v) is 6.34. The summed E-state index contributed by atoms with van der Waals surface area (Å²) in [6.07, 6.45) is 3.42. The average molecular weight is 249 g/mol. The van der Waals surface area contributed by atoms with Crippen molar-refractivity contribution in [2.24, 2.45) is 0 Å². The Bertz CT molecular complexity index is 400. The Labute approximate surface area is 107 Å². The molecule has 0 aliphatic carbocycles. The van der Waals surface area contributed by atoms with Gasteiger partial charge in [-0.1, -0.05) is 12.1 Å². The highest BCUT2D eigenvalue weighted by Gasteiger charge is 2.16. The molecule has 1 aliphatic heterocycles. The van der Waals surface area contributed by atoms with E-state index in [0.717, 1.165) is 25.9 Å². The zero-order valence-corrected chi connectivity index (χ0v) is 10.6. The first-order chi connectivity index (χ1) is 8.81. The Morgan fingerprint density at radius 3 is 3.06 bits per heavy atom. The van der Waals surface area contributed by atoms with Crippen molar-refractivity contribution in [2.75, 3.05) is 20.3 Å². The second-order valence-corrected chi connectivity index (χ2v) is 4.38. The van der Waals surface area contributed by atoms with Crippen molar-refractivity contribution < 1.29 is 14.3 Å². The molecule has 18 heavy (non-hydrogen) atoms. The molecule has 4 nitrogen and oxygen atoms in total. The third-order valence-corrected chi connectivity index (χ3v) is 3.13. The highest BCUT2D eigenvalue weighted by Crippen LogP contribution is 2.17. The van der Waals surface area contributed by atoms with Gasteiger partial charge in [0.05, 0.1) is 18.8 Å². The van der Waals surface area contributed by atoms with Gasteiger partial charge in [-0.05, 0) is 31.4 Å². The standard InChI is InChI=1S/C14H19NO3/c1-17-13-7-3-2-6-12(13)14(16)15-9-8-11-5-4-10-18-11/h2-3,6-7,11H,4-5,8-10H2,1H3,(H,15,16). The van der Waals surface area contributed by atoms with Crippen LogP contribution in [-0.4, -0.2) is 32.3 Å². The smallest absolute Gasteiger partial charge is 0.255 e. The summed E-state index contributed by atoms with van der Waals surface area (Å²) in [5, 5.41) is 2.90. The Morgan fingerprint density at radius 1 is 1.50 bits per heavy atom. The van der Waals surface area contributed by atoms with Crippen LogP contribution in [0.2, 0.25) is 0 Å². The Morgan fingerprint density at radius 2 is 2.33 bits per heavy atom. The SMILES string of the molecule is COc1ccccc1C(=O)NCCC1CCCO1. The molecule has 1 atom stereocenters. The predicted octanol–water partition coefficient (Wildman–Crippen LogP) is 1.99. The lowest BCUT2D eigenvalue weighted by Gasteiger charge is -2.11. The Balaban J connectivity index is 1.83. The molecule has 1 fully saturated rings. The molecule has 1 amide bonds. The van der Waals surface area contributed by atoms with Crippen molar-refractivity contribution in [1.29, 1.82) is 0 Å². The zero-order valence-electron chi connectivity index (χ0n) is 10.6. The summed E-state index contributed by atoms with van der Waals surface area (Å²) in [6.45, 7) is 1.49. The molecular formula is C14H19NO3. The Kier molecular flexibility index (Phi) is 4.59. The predicted molar refractivity (Wildman–Crippen MR) is 68.9 cm³/mol. The minimum atomic E-state index is -0.0922. The molecule has 1 aliphatic rings. The van der Waals surface area contributed by atoms with Crippen molar-refractivity contribution in [3.8, 4) is 5.75 Å². The van der Waals surface area contributed by atoms with Crippen LogP contribution >= 0.6 is 0 Å². The molecule has 1 aromatic carbocycles. The molecule has 98 valence electrons. The lowest BCUT2D eigenvalue weighted by atomic mass is 10.1. The zero-order chi connectivity index (χ0) is 12.8. The summed E-state index contributed by atoms with van der Waals surface area (Å²) in [5.41, 5.74) is 0.576.